The van der Waals surface area contributed by atoms with E-state index in [1.54, 1.807) is 12.1 Å². The van der Waals surface area contributed by atoms with E-state index < -0.39 is 7.92 Å². The second kappa shape index (κ2) is 11.0. The summed E-state index contributed by atoms with van der Waals surface area (Å²) in [5.74, 6) is -0.180. The van der Waals surface area contributed by atoms with Crippen LogP contribution in [0.4, 0.5) is 0 Å². The molecular weight excluding hydrogens is 429 g/mol. The standard InChI is InChI=1S/C28H26NO3P/c1-22(30)32-25-19-17-24(18-20-25)28(29(31)21-23-11-5-2-6-12-23)33(26-13-7-3-8-14-26)27-15-9-4-10-16-27/h2-20,28,31H,21H2,1H3. The fourth-order valence-electron chi connectivity index (χ4n) is 3.79. The first-order valence-electron chi connectivity index (χ1n) is 10.8. The lowest BCUT2D eigenvalue weighted by Crippen LogP contribution is -2.29. The first-order chi connectivity index (χ1) is 16.1. The van der Waals surface area contributed by atoms with Crippen LogP contribution in [0.25, 0.3) is 0 Å². The maximum Gasteiger partial charge on any atom is 0.308 e. The zero-order valence-corrected chi connectivity index (χ0v) is 19.3. The molecule has 0 amide bonds. The summed E-state index contributed by atoms with van der Waals surface area (Å²) < 4.78 is 5.23. The monoisotopic (exact) mass is 455 g/mol. The molecule has 0 aliphatic heterocycles. The number of hydroxylamine groups is 2. The van der Waals surface area contributed by atoms with E-state index in [-0.39, 0.29) is 11.8 Å². The highest BCUT2D eigenvalue weighted by Crippen LogP contribution is 2.51. The second-order valence-corrected chi connectivity index (χ2v) is 9.92. The maximum absolute atomic E-state index is 11.5. The Morgan fingerprint density at radius 2 is 1.27 bits per heavy atom. The summed E-state index contributed by atoms with van der Waals surface area (Å²) in [5, 5.41) is 15.3. The molecule has 0 aliphatic rings. The quantitative estimate of drug-likeness (QED) is 0.162. The molecule has 166 valence electrons. The molecule has 0 spiro atoms. The van der Waals surface area contributed by atoms with E-state index in [1.165, 1.54) is 22.6 Å². The Kier molecular flexibility index (Phi) is 7.64. The third-order valence-electron chi connectivity index (χ3n) is 5.22. The molecule has 4 aromatic rings. The molecule has 4 nitrogen and oxygen atoms in total. The van der Waals surface area contributed by atoms with Crippen LogP contribution in [0.3, 0.4) is 0 Å². The van der Waals surface area contributed by atoms with Crippen molar-refractivity contribution in [2.24, 2.45) is 0 Å². The number of ether oxygens (including phenoxy) is 1. The third kappa shape index (κ3) is 5.94. The van der Waals surface area contributed by atoms with Crippen molar-refractivity contribution in [3.8, 4) is 5.75 Å². The van der Waals surface area contributed by atoms with Crippen LogP contribution in [-0.2, 0) is 11.3 Å². The number of hydrogen-bond acceptors (Lipinski definition) is 4. The lowest BCUT2D eigenvalue weighted by atomic mass is 10.2. The molecule has 0 bridgehead atoms. The van der Waals surface area contributed by atoms with Crippen molar-refractivity contribution in [3.05, 3.63) is 126 Å². The van der Waals surface area contributed by atoms with E-state index in [0.29, 0.717) is 12.3 Å². The van der Waals surface area contributed by atoms with E-state index in [2.05, 4.69) is 24.3 Å². The Balaban J connectivity index is 1.79. The van der Waals surface area contributed by atoms with Crippen molar-refractivity contribution in [1.82, 2.24) is 5.06 Å². The van der Waals surface area contributed by atoms with Gasteiger partial charge >= 0.3 is 5.97 Å². The molecule has 0 radical (unpaired) electrons. The normalized spacial score (nSPS) is 12.0. The molecule has 4 aromatic carbocycles. The fourth-order valence-corrected chi connectivity index (χ4v) is 6.46. The van der Waals surface area contributed by atoms with Gasteiger partial charge in [-0.1, -0.05) is 103 Å². The number of benzene rings is 4. The molecule has 0 fully saturated rings. The van der Waals surface area contributed by atoms with Gasteiger partial charge in [0.2, 0.25) is 0 Å². The van der Waals surface area contributed by atoms with Gasteiger partial charge in [0.15, 0.2) is 0 Å². The fraction of sp³-hybridized carbons (Fsp3) is 0.107. The molecule has 0 saturated carbocycles. The van der Waals surface area contributed by atoms with Crippen molar-refractivity contribution in [1.29, 1.82) is 0 Å². The Labute approximate surface area is 195 Å². The van der Waals surface area contributed by atoms with Gasteiger partial charge in [0, 0.05) is 13.5 Å². The molecule has 5 heteroatoms. The van der Waals surface area contributed by atoms with Gasteiger partial charge in [-0.3, -0.25) is 4.79 Å². The van der Waals surface area contributed by atoms with E-state index in [9.17, 15) is 10.0 Å². The van der Waals surface area contributed by atoms with E-state index in [1.807, 2.05) is 78.9 Å². The van der Waals surface area contributed by atoms with Gasteiger partial charge in [-0.15, -0.1) is 0 Å². The topological polar surface area (TPSA) is 49.8 Å². The van der Waals surface area contributed by atoms with Crippen molar-refractivity contribution < 1.29 is 14.7 Å². The number of nitrogens with zero attached hydrogens (tertiary/aromatic N) is 1. The van der Waals surface area contributed by atoms with Gasteiger partial charge in [0.25, 0.3) is 0 Å². The van der Waals surface area contributed by atoms with Gasteiger partial charge in [-0.05, 0) is 41.8 Å². The van der Waals surface area contributed by atoms with Crippen LogP contribution < -0.4 is 15.3 Å². The summed E-state index contributed by atoms with van der Waals surface area (Å²) in [6.07, 6.45) is 0. The molecule has 33 heavy (non-hydrogen) atoms. The Morgan fingerprint density at radius 1 is 0.788 bits per heavy atom. The minimum Gasteiger partial charge on any atom is -0.427 e. The van der Waals surface area contributed by atoms with Crippen LogP contribution in [0.2, 0.25) is 0 Å². The van der Waals surface area contributed by atoms with Gasteiger partial charge in [-0.25, -0.2) is 0 Å². The first kappa shape index (κ1) is 22.9. The van der Waals surface area contributed by atoms with Crippen LogP contribution in [0, 0.1) is 0 Å². The molecule has 4 rings (SSSR count). The Morgan fingerprint density at radius 3 is 1.76 bits per heavy atom. The highest BCUT2D eigenvalue weighted by molar-refractivity contribution is 7.73. The van der Waals surface area contributed by atoms with Crippen molar-refractivity contribution >= 4 is 24.5 Å². The molecule has 0 saturated heterocycles. The van der Waals surface area contributed by atoms with E-state index in [4.69, 9.17) is 4.74 Å². The first-order valence-corrected chi connectivity index (χ1v) is 12.2. The minimum atomic E-state index is -0.984. The zero-order valence-electron chi connectivity index (χ0n) is 18.4. The number of hydrogen-bond donors (Lipinski definition) is 1. The summed E-state index contributed by atoms with van der Waals surface area (Å²) in [6.45, 7) is 1.77. The summed E-state index contributed by atoms with van der Waals surface area (Å²) in [4.78, 5) is 11.4. The number of carbonyl (C=O) groups is 1. The largest absolute Gasteiger partial charge is 0.427 e. The van der Waals surface area contributed by atoms with Crippen LogP contribution in [-0.4, -0.2) is 16.2 Å². The summed E-state index contributed by atoms with van der Waals surface area (Å²) in [7, 11) is -0.984. The average Bonchev–Trinajstić information content (AvgIpc) is 2.84. The van der Waals surface area contributed by atoms with Gasteiger partial charge in [0.05, 0.1) is 5.78 Å². The average molecular weight is 455 g/mol. The van der Waals surface area contributed by atoms with Crippen LogP contribution in [0.5, 0.6) is 5.75 Å². The predicted octanol–water partition coefficient (Wildman–Crippen LogP) is 5.63. The predicted molar refractivity (Wildman–Crippen MR) is 133 cm³/mol. The third-order valence-corrected chi connectivity index (χ3v) is 7.99. The summed E-state index contributed by atoms with van der Waals surface area (Å²) in [6, 6.07) is 38.0. The van der Waals surface area contributed by atoms with Crippen molar-refractivity contribution in [2.45, 2.75) is 19.3 Å². The highest BCUT2D eigenvalue weighted by atomic mass is 31.1. The van der Waals surface area contributed by atoms with E-state index in [0.717, 1.165) is 11.1 Å². The zero-order chi connectivity index (χ0) is 23.0. The van der Waals surface area contributed by atoms with Crippen LogP contribution >= 0.6 is 7.92 Å². The van der Waals surface area contributed by atoms with Gasteiger partial charge in [0.1, 0.15) is 5.75 Å². The number of rotatable bonds is 8. The molecule has 1 unspecified atom stereocenters. The molecule has 0 aliphatic carbocycles. The van der Waals surface area contributed by atoms with E-state index >= 15 is 0 Å². The molecule has 0 heterocycles. The summed E-state index contributed by atoms with van der Waals surface area (Å²) in [5.41, 5.74) is 1.97. The SMILES string of the molecule is CC(=O)Oc1ccc(C(N(O)Cc2ccccc2)P(c2ccccc2)c2ccccc2)cc1. The van der Waals surface area contributed by atoms with Crippen LogP contribution in [0.15, 0.2) is 115 Å². The molecule has 1 atom stereocenters. The number of carbonyl (C=O) groups excluding carboxylic acids is 1. The van der Waals surface area contributed by atoms with Crippen molar-refractivity contribution in [2.75, 3.05) is 0 Å². The van der Waals surface area contributed by atoms with Gasteiger partial charge in [-0.2, -0.15) is 5.06 Å². The second-order valence-electron chi connectivity index (χ2n) is 7.66. The Bertz CT molecular complexity index is 1110. The van der Waals surface area contributed by atoms with Gasteiger partial charge < -0.3 is 9.94 Å². The lowest BCUT2D eigenvalue weighted by molar-refractivity contribution is -0.131. The summed E-state index contributed by atoms with van der Waals surface area (Å²) >= 11 is 0. The number of esters is 1. The van der Waals surface area contributed by atoms with Crippen LogP contribution in [0.1, 0.15) is 23.8 Å². The Hall–Kier alpha value is -3.30. The highest BCUT2D eigenvalue weighted by Gasteiger charge is 2.31. The molecule has 0 aromatic heterocycles. The van der Waals surface area contributed by atoms with Crippen molar-refractivity contribution in [3.63, 3.8) is 0 Å². The maximum atomic E-state index is 11.5. The smallest absolute Gasteiger partial charge is 0.308 e. The molecule has 1 N–H and O–H groups in total. The molecular formula is C28H26NO3P. The minimum absolute atomic E-state index is 0.309. The lowest BCUT2D eigenvalue weighted by Gasteiger charge is -2.34.